The van der Waals surface area contributed by atoms with Crippen LogP contribution in [0.25, 0.3) is 0 Å². The van der Waals surface area contributed by atoms with Gasteiger partial charge in [-0.05, 0) is 49.9 Å². The number of aromatic nitrogens is 1. The average Bonchev–Trinajstić information content (AvgIpc) is 2.37. The quantitative estimate of drug-likeness (QED) is 0.890. The Morgan fingerprint density at radius 1 is 1.33 bits per heavy atom. The zero-order valence-electron chi connectivity index (χ0n) is 12.0. The van der Waals surface area contributed by atoms with Crippen LogP contribution >= 0.6 is 0 Å². The lowest BCUT2D eigenvalue weighted by atomic mass is 9.92. The van der Waals surface area contributed by atoms with Crippen molar-refractivity contribution in [3.63, 3.8) is 0 Å². The van der Waals surface area contributed by atoms with Gasteiger partial charge in [0.15, 0.2) is 0 Å². The van der Waals surface area contributed by atoms with Crippen molar-refractivity contribution in [3.05, 3.63) is 23.9 Å². The first-order valence-electron chi connectivity index (χ1n) is 6.98. The van der Waals surface area contributed by atoms with Crippen molar-refractivity contribution in [1.29, 1.82) is 0 Å². The highest BCUT2D eigenvalue weighted by molar-refractivity contribution is 5.42. The smallest absolute Gasteiger partial charge is 0.128 e. The third kappa shape index (κ3) is 3.02. The van der Waals surface area contributed by atoms with Crippen LogP contribution in [0.4, 0.5) is 5.82 Å². The Morgan fingerprint density at radius 3 is 2.61 bits per heavy atom. The molecule has 2 heterocycles. The van der Waals surface area contributed by atoms with Crippen molar-refractivity contribution in [1.82, 2.24) is 10.3 Å². The summed E-state index contributed by atoms with van der Waals surface area (Å²) < 4.78 is 0. The van der Waals surface area contributed by atoms with Crippen LogP contribution in [0.2, 0.25) is 0 Å². The molecule has 1 aliphatic heterocycles. The number of hydrogen-bond donors (Lipinski definition) is 1. The summed E-state index contributed by atoms with van der Waals surface area (Å²) in [5.41, 5.74) is 1.31. The van der Waals surface area contributed by atoms with Crippen molar-refractivity contribution < 1.29 is 0 Å². The fraction of sp³-hybridized carbons (Fsp3) is 0.667. The highest BCUT2D eigenvalue weighted by atomic mass is 15.2. The normalized spacial score (nSPS) is 26.1. The van der Waals surface area contributed by atoms with E-state index in [0.717, 1.165) is 30.7 Å². The lowest BCUT2D eigenvalue weighted by molar-refractivity contribution is 0.355. The molecule has 3 atom stereocenters. The maximum Gasteiger partial charge on any atom is 0.128 e. The van der Waals surface area contributed by atoms with E-state index in [1.54, 1.807) is 0 Å². The maximum absolute atomic E-state index is 4.55. The molecule has 0 spiro atoms. The number of anilines is 1. The highest BCUT2D eigenvalue weighted by Gasteiger charge is 2.22. The average molecular weight is 247 g/mol. The predicted molar refractivity (Wildman–Crippen MR) is 76.9 cm³/mol. The largest absolute Gasteiger partial charge is 0.356 e. The molecular weight excluding hydrogens is 222 g/mol. The predicted octanol–water partition coefficient (Wildman–Crippen LogP) is 2.84. The fourth-order valence-corrected chi connectivity index (χ4v) is 2.89. The van der Waals surface area contributed by atoms with E-state index in [1.165, 1.54) is 12.0 Å². The van der Waals surface area contributed by atoms with Crippen LogP contribution in [-0.2, 0) is 0 Å². The third-order valence-electron chi connectivity index (χ3n) is 3.90. The molecule has 3 nitrogen and oxygen atoms in total. The van der Waals surface area contributed by atoms with Crippen LogP contribution in [-0.4, -0.2) is 25.1 Å². The van der Waals surface area contributed by atoms with E-state index in [9.17, 15) is 0 Å². The van der Waals surface area contributed by atoms with E-state index in [0.29, 0.717) is 6.04 Å². The molecule has 0 bridgehead atoms. The minimum Gasteiger partial charge on any atom is -0.356 e. The van der Waals surface area contributed by atoms with Crippen LogP contribution in [0.5, 0.6) is 0 Å². The lowest BCUT2D eigenvalue weighted by Crippen LogP contribution is -2.39. The summed E-state index contributed by atoms with van der Waals surface area (Å²) in [7, 11) is 2.00. The molecule has 0 aliphatic carbocycles. The van der Waals surface area contributed by atoms with Gasteiger partial charge in [0, 0.05) is 25.3 Å². The standard InChI is InChI=1S/C15H25N3/c1-11-7-12(2)10-18(9-11)15-8-14(5-6-17-15)13(3)16-4/h5-6,8,11-13,16H,7,9-10H2,1-4H3. The van der Waals surface area contributed by atoms with Gasteiger partial charge in [0.05, 0.1) is 0 Å². The highest BCUT2D eigenvalue weighted by Crippen LogP contribution is 2.26. The molecule has 1 aromatic heterocycles. The van der Waals surface area contributed by atoms with E-state index >= 15 is 0 Å². The first kappa shape index (κ1) is 13.3. The number of nitrogens with one attached hydrogen (secondary N) is 1. The number of nitrogens with zero attached hydrogens (tertiary/aromatic N) is 2. The zero-order valence-corrected chi connectivity index (χ0v) is 12.0. The molecule has 3 unspecified atom stereocenters. The molecule has 3 heteroatoms. The second-order valence-corrected chi connectivity index (χ2v) is 5.81. The van der Waals surface area contributed by atoms with E-state index in [2.05, 4.69) is 48.1 Å². The van der Waals surface area contributed by atoms with Crippen LogP contribution in [0.3, 0.4) is 0 Å². The van der Waals surface area contributed by atoms with E-state index < -0.39 is 0 Å². The molecule has 1 aliphatic rings. The Morgan fingerprint density at radius 2 is 2.00 bits per heavy atom. The lowest BCUT2D eigenvalue weighted by Gasteiger charge is -2.36. The van der Waals surface area contributed by atoms with Crippen LogP contribution in [0.15, 0.2) is 18.3 Å². The Bertz CT molecular complexity index is 381. The molecule has 0 amide bonds. The maximum atomic E-state index is 4.55. The van der Waals surface area contributed by atoms with Gasteiger partial charge in [0.1, 0.15) is 5.82 Å². The minimum atomic E-state index is 0.381. The number of piperidine rings is 1. The molecule has 2 rings (SSSR count). The van der Waals surface area contributed by atoms with E-state index in [1.807, 2.05) is 13.2 Å². The summed E-state index contributed by atoms with van der Waals surface area (Å²) in [5, 5.41) is 3.28. The van der Waals surface area contributed by atoms with Gasteiger partial charge in [-0.15, -0.1) is 0 Å². The molecule has 1 aromatic rings. The van der Waals surface area contributed by atoms with Crippen LogP contribution in [0.1, 0.15) is 38.8 Å². The molecule has 0 aromatic carbocycles. The summed E-state index contributed by atoms with van der Waals surface area (Å²) in [6.07, 6.45) is 3.27. The van der Waals surface area contributed by atoms with Gasteiger partial charge in [-0.3, -0.25) is 0 Å². The van der Waals surface area contributed by atoms with Gasteiger partial charge in [-0.25, -0.2) is 4.98 Å². The Balaban J connectivity index is 2.17. The molecule has 1 fully saturated rings. The van der Waals surface area contributed by atoms with E-state index in [4.69, 9.17) is 0 Å². The van der Waals surface area contributed by atoms with Crippen molar-refractivity contribution in [2.75, 3.05) is 25.0 Å². The van der Waals surface area contributed by atoms with Crippen LogP contribution in [0, 0.1) is 11.8 Å². The second-order valence-electron chi connectivity index (χ2n) is 5.81. The van der Waals surface area contributed by atoms with Gasteiger partial charge < -0.3 is 10.2 Å². The molecule has 0 saturated carbocycles. The van der Waals surface area contributed by atoms with Gasteiger partial charge in [0.2, 0.25) is 0 Å². The zero-order chi connectivity index (χ0) is 13.1. The summed E-state index contributed by atoms with van der Waals surface area (Å²) >= 11 is 0. The molecule has 100 valence electrons. The minimum absolute atomic E-state index is 0.381. The van der Waals surface area contributed by atoms with E-state index in [-0.39, 0.29) is 0 Å². The summed E-state index contributed by atoms with van der Waals surface area (Å²) in [5.74, 6) is 2.66. The number of rotatable bonds is 3. The Hall–Kier alpha value is -1.09. The molecule has 1 N–H and O–H groups in total. The molecular formula is C15H25N3. The van der Waals surface area contributed by atoms with Crippen molar-refractivity contribution in [3.8, 4) is 0 Å². The van der Waals surface area contributed by atoms with Gasteiger partial charge in [-0.2, -0.15) is 0 Å². The van der Waals surface area contributed by atoms with Crippen LogP contribution < -0.4 is 10.2 Å². The summed E-state index contributed by atoms with van der Waals surface area (Å²) in [6, 6.07) is 4.71. The molecule has 18 heavy (non-hydrogen) atoms. The van der Waals surface area contributed by atoms with Crippen molar-refractivity contribution in [2.45, 2.75) is 33.2 Å². The topological polar surface area (TPSA) is 28.2 Å². The molecule has 1 saturated heterocycles. The van der Waals surface area contributed by atoms with Crippen molar-refractivity contribution >= 4 is 5.82 Å². The Kier molecular flexibility index (Phi) is 4.23. The third-order valence-corrected chi connectivity index (χ3v) is 3.90. The summed E-state index contributed by atoms with van der Waals surface area (Å²) in [6.45, 7) is 9.12. The number of hydrogen-bond acceptors (Lipinski definition) is 3. The first-order chi connectivity index (χ1) is 8.60. The van der Waals surface area contributed by atoms with Crippen molar-refractivity contribution in [2.24, 2.45) is 11.8 Å². The fourth-order valence-electron chi connectivity index (χ4n) is 2.89. The van der Waals surface area contributed by atoms with Gasteiger partial charge >= 0.3 is 0 Å². The van der Waals surface area contributed by atoms with Gasteiger partial charge in [0.25, 0.3) is 0 Å². The van der Waals surface area contributed by atoms with Gasteiger partial charge in [-0.1, -0.05) is 13.8 Å². The SMILES string of the molecule is CNC(C)c1ccnc(N2CC(C)CC(C)C2)c1. The Labute approximate surface area is 111 Å². The summed E-state index contributed by atoms with van der Waals surface area (Å²) in [4.78, 5) is 6.98. The molecule has 0 radical (unpaired) electrons. The monoisotopic (exact) mass is 247 g/mol. The first-order valence-corrected chi connectivity index (χ1v) is 6.98. The second kappa shape index (κ2) is 5.70. The number of pyridine rings is 1.